The van der Waals surface area contributed by atoms with E-state index in [9.17, 15) is 4.79 Å². The first-order chi connectivity index (χ1) is 11.2. The summed E-state index contributed by atoms with van der Waals surface area (Å²) < 4.78 is 1.53. The number of aromatic nitrogens is 5. The molecule has 1 N–H and O–H groups in total. The lowest BCUT2D eigenvalue weighted by Gasteiger charge is -2.34. The number of anilines is 2. The number of rotatable bonds is 4. The van der Waals surface area contributed by atoms with Gasteiger partial charge in [0.15, 0.2) is 11.5 Å². The maximum Gasteiger partial charge on any atom is 0.276 e. The van der Waals surface area contributed by atoms with E-state index < -0.39 is 0 Å². The van der Waals surface area contributed by atoms with Gasteiger partial charge in [-0.05, 0) is 19.1 Å². The second-order valence-corrected chi connectivity index (χ2v) is 5.36. The van der Waals surface area contributed by atoms with Gasteiger partial charge in [0.25, 0.3) is 5.91 Å². The summed E-state index contributed by atoms with van der Waals surface area (Å²) >= 11 is 0. The molecule has 1 aliphatic heterocycles. The Labute approximate surface area is 134 Å². The van der Waals surface area contributed by atoms with Gasteiger partial charge in [-0.3, -0.25) is 9.48 Å². The molecule has 2 aromatic heterocycles. The topological polar surface area (TPSA) is 92.1 Å². The molecule has 1 amide bonds. The van der Waals surface area contributed by atoms with Crippen molar-refractivity contribution < 1.29 is 4.79 Å². The van der Waals surface area contributed by atoms with Gasteiger partial charge in [-0.1, -0.05) is 5.21 Å². The van der Waals surface area contributed by atoms with Gasteiger partial charge in [-0.2, -0.15) is 0 Å². The molecule has 9 heteroatoms. The Balaban J connectivity index is 1.58. The zero-order valence-electron chi connectivity index (χ0n) is 13.3. The first kappa shape index (κ1) is 15.2. The number of hydrogen-bond donors (Lipinski definition) is 1. The fourth-order valence-corrected chi connectivity index (χ4v) is 2.52. The van der Waals surface area contributed by atoms with E-state index in [1.807, 2.05) is 19.1 Å². The molecule has 1 saturated heterocycles. The second kappa shape index (κ2) is 6.59. The van der Waals surface area contributed by atoms with Gasteiger partial charge in [0.1, 0.15) is 5.82 Å². The van der Waals surface area contributed by atoms with Crippen LogP contribution >= 0.6 is 0 Å². The fourth-order valence-electron chi connectivity index (χ4n) is 2.52. The van der Waals surface area contributed by atoms with Gasteiger partial charge < -0.3 is 15.1 Å². The van der Waals surface area contributed by atoms with Crippen molar-refractivity contribution in [3.8, 4) is 0 Å². The van der Waals surface area contributed by atoms with Crippen molar-refractivity contribution >= 4 is 17.5 Å². The summed E-state index contributed by atoms with van der Waals surface area (Å²) in [4.78, 5) is 16.2. The number of nitrogens with one attached hydrogen (secondary N) is 1. The fraction of sp³-hybridized carbons (Fsp3) is 0.500. The number of nitrogens with zero attached hydrogens (tertiary/aromatic N) is 7. The summed E-state index contributed by atoms with van der Waals surface area (Å²) in [5.74, 6) is 1.53. The van der Waals surface area contributed by atoms with Gasteiger partial charge in [-0.15, -0.1) is 15.3 Å². The SMILES string of the molecule is CCNc1ccc(N2CCN(C(=O)c3cn(C)nn3)CC2)nn1. The summed E-state index contributed by atoms with van der Waals surface area (Å²) in [5.41, 5.74) is 0.385. The maximum atomic E-state index is 12.3. The van der Waals surface area contributed by atoms with Crippen LogP contribution in [0.25, 0.3) is 0 Å². The van der Waals surface area contributed by atoms with E-state index in [1.54, 1.807) is 18.1 Å². The Kier molecular flexibility index (Phi) is 4.35. The molecule has 122 valence electrons. The number of piperazine rings is 1. The average molecular weight is 316 g/mol. The molecule has 0 radical (unpaired) electrons. The highest BCUT2D eigenvalue weighted by Crippen LogP contribution is 2.15. The highest BCUT2D eigenvalue weighted by molar-refractivity contribution is 5.92. The zero-order chi connectivity index (χ0) is 16.2. The highest BCUT2D eigenvalue weighted by Gasteiger charge is 2.24. The van der Waals surface area contributed by atoms with E-state index in [0.717, 1.165) is 31.3 Å². The van der Waals surface area contributed by atoms with Crippen LogP contribution in [0.2, 0.25) is 0 Å². The van der Waals surface area contributed by atoms with Crippen LogP contribution in [0, 0.1) is 0 Å². The number of hydrogen-bond acceptors (Lipinski definition) is 7. The minimum atomic E-state index is -0.0775. The maximum absolute atomic E-state index is 12.3. The molecule has 3 heterocycles. The predicted molar refractivity (Wildman–Crippen MR) is 85.3 cm³/mol. The minimum absolute atomic E-state index is 0.0775. The van der Waals surface area contributed by atoms with E-state index >= 15 is 0 Å². The third-order valence-corrected chi connectivity index (χ3v) is 3.72. The van der Waals surface area contributed by atoms with Crippen LogP contribution in [-0.2, 0) is 7.05 Å². The van der Waals surface area contributed by atoms with Crippen molar-refractivity contribution in [1.82, 2.24) is 30.1 Å². The minimum Gasteiger partial charge on any atom is -0.369 e. The van der Waals surface area contributed by atoms with Gasteiger partial charge in [0.2, 0.25) is 0 Å². The predicted octanol–water partition coefficient (Wildman–Crippen LogP) is -0.000700. The van der Waals surface area contributed by atoms with E-state index in [2.05, 4.69) is 30.7 Å². The molecule has 0 bridgehead atoms. The third kappa shape index (κ3) is 3.38. The summed E-state index contributed by atoms with van der Waals surface area (Å²) in [7, 11) is 1.75. The van der Waals surface area contributed by atoms with Gasteiger partial charge in [-0.25, -0.2) is 0 Å². The smallest absolute Gasteiger partial charge is 0.276 e. The molecular weight excluding hydrogens is 296 g/mol. The van der Waals surface area contributed by atoms with Crippen LogP contribution in [0.1, 0.15) is 17.4 Å². The summed E-state index contributed by atoms with van der Waals surface area (Å²) in [5, 5.41) is 19.2. The Bertz CT molecular complexity index is 660. The molecular formula is C14H20N8O. The molecule has 0 aromatic carbocycles. The molecule has 0 atom stereocenters. The zero-order valence-corrected chi connectivity index (χ0v) is 13.3. The lowest BCUT2D eigenvalue weighted by molar-refractivity contribution is 0.0740. The molecule has 3 rings (SSSR count). The quantitative estimate of drug-likeness (QED) is 0.848. The van der Waals surface area contributed by atoms with Crippen LogP contribution in [0.4, 0.5) is 11.6 Å². The van der Waals surface area contributed by atoms with Gasteiger partial charge in [0.05, 0.1) is 6.20 Å². The van der Waals surface area contributed by atoms with Crippen molar-refractivity contribution in [2.45, 2.75) is 6.92 Å². The Morgan fingerprint density at radius 2 is 1.96 bits per heavy atom. The van der Waals surface area contributed by atoms with Crippen molar-refractivity contribution in [1.29, 1.82) is 0 Å². The van der Waals surface area contributed by atoms with Crippen molar-refractivity contribution in [2.24, 2.45) is 7.05 Å². The van der Waals surface area contributed by atoms with Crippen molar-refractivity contribution in [2.75, 3.05) is 42.9 Å². The molecule has 0 unspecified atom stereocenters. The van der Waals surface area contributed by atoms with Gasteiger partial charge >= 0.3 is 0 Å². The van der Waals surface area contributed by atoms with Crippen LogP contribution < -0.4 is 10.2 Å². The van der Waals surface area contributed by atoms with Crippen LogP contribution in [-0.4, -0.2) is 68.7 Å². The van der Waals surface area contributed by atoms with Gasteiger partial charge in [0, 0.05) is 39.8 Å². The Hall–Kier alpha value is -2.71. The Morgan fingerprint density at radius 3 is 2.52 bits per heavy atom. The second-order valence-electron chi connectivity index (χ2n) is 5.36. The number of carbonyl (C=O) groups is 1. The molecule has 0 saturated carbocycles. The van der Waals surface area contributed by atoms with Crippen LogP contribution in [0.3, 0.4) is 0 Å². The summed E-state index contributed by atoms with van der Waals surface area (Å²) in [6, 6.07) is 3.87. The first-order valence-corrected chi connectivity index (χ1v) is 7.65. The molecule has 1 aliphatic rings. The molecule has 2 aromatic rings. The monoisotopic (exact) mass is 316 g/mol. The lowest BCUT2D eigenvalue weighted by atomic mass is 10.3. The van der Waals surface area contributed by atoms with Crippen LogP contribution in [0.5, 0.6) is 0 Å². The number of amides is 1. The van der Waals surface area contributed by atoms with E-state index in [0.29, 0.717) is 18.8 Å². The number of aryl methyl sites for hydroxylation is 1. The van der Waals surface area contributed by atoms with Crippen molar-refractivity contribution in [3.05, 3.63) is 24.0 Å². The number of carbonyl (C=O) groups excluding carboxylic acids is 1. The normalized spacial score (nSPS) is 14.9. The largest absolute Gasteiger partial charge is 0.369 e. The average Bonchev–Trinajstić information content (AvgIpc) is 3.02. The highest BCUT2D eigenvalue weighted by atomic mass is 16.2. The van der Waals surface area contributed by atoms with Crippen LogP contribution in [0.15, 0.2) is 18.3 Å². The Morgan fingerprint density at radius 1 is 1.17 bits per heavy atom. The van der Waals surface area contributed by atoms with E-state index in [4.69, 9.17) is 0 Å². The van der Waals surface area contributed by atoms with Crippen molar-refractivity contribution in [3.63, 3.8) is 0 Å². The van der Waals surface area contributed by atoms with E-state index in [1.165, 1.54) is 4.68 Å². The van der Waals surface area contributed by atoms with E-state index in [-0.39, 0.29) is 5.91 Å². The molecule has 9 nitrogen and oxygen atoms in total. The molecule has 23 heavy (non-hydrogen) atoms. The summed E-state index contributed by atoms with van der Waals surface area (Å²) in [6.45, 7) is 5.54. The lowest BCUT2D eigenvalue weighted by Crippen LogP contribution is -2.49. The molecule has 0 spiro atoms. The first-order valence-electron chi connectivity index (χ1n) is 7.65. The standard InChI is InChI=1S/C14H20N8O/c1-3-15-12-4-5-13(18-17-12)21-6-8-22(9-7-21)14(23)11-10-20(2)19-16-11/h4-5,10H,3,6-9H2,1-2H3,(H,15,17). The molecule has 0 aliphatic carbocycles. The third-order valence-electron chi connectivity index (χ3n) is 3.72. The summed E-state index contributed by atoms with van der Waals surface area (Å²) in [6.07, 6.45) is 1.64. The molecule has 1 fully saturated rings.